The smallest absolute Gasteiger partial charge is 0.256 e. The van der Waals surface area contributed by atoms with E-state index in [0.29, 0.717) is 18.7 Å². The molecule has 1 N–H and O–H groups in total. The molecule has 1 saturated heterocycles. The molecule has 158 valence electrons. The summed E-state index contributed by atoms with van der Waals surface area (Å²) in [6.45, 7) is 0.730. The quantitative estimate of drug-likeness (QED) is 0.728. The van der Waals surface area contributed by atoms with Crippen LogP contribution in [0.5, 0.6) is 5.75 Å². The summed E-state index contributed by atoms with van der Waals surface area (Å²) in [4.78, 5) is 34.5. The molecule has 7 nitrogen and oxygen atoms in total. The third-order valence-electron chi connectivity index (χ3n) is 5.02. The lowest BCUT2D eigenvalue weighted by atomic mass is 10.1. The van der Waals surface area contributed by atoms with Crippen molar-refractivity contribution < 1.29 is 24.5 Å². The number of rotatable bonds is 6. The minimum Gasteiger partial charge on any atom is -0.490 e. The number of hydrogen-bond donors (Lipinski definition) is 1. The van der Waals surface area contributed by atoms with Crippen LogP contribution in [-0.4, -0.2) is 47.1 Å². The first-order valence-electron chi connectivity index (χ1n) is 9.74. The van der Waals surface area contributed by atoms with E-state index >= 15 is 0 Å². The number of hydrogen-bond acceptors (Lipinski definition) is 5. The first kappa shape index (κ1) is 19.9. The second-order valence-electron chi connectivity index (χ2n) is 7.15. The predicted molar refractivity (Wildman–Crippen MR) is 108 cm³/mol. The van der Waals surface area contributed by atoms with Gasteiger partial charge in [0.05, 0.1) is 23.9 Å². The number of fused-ring (bicyclic) bond motifs is 2. The van der Waals surface area contributed by atoms with Crippen molar-refractivity contribution in [3.8, 4) is 5.75 Å². The molecule has 1 aromatic carbocycles. The molecule has 1 fully saturated rings. The number of pyridine rings is 1. The van der Waals surface area contributed by atoms with Gasteiger partial charge in [0.1, 0.15) is 11.6 Å². The highest BCUT2D eigenvalue weighted by Crippen LogP contribution is 2.33. The summed E-state index contributed by atoms with van der Waals surface area (Å²) in [5.41, 5.74) is 0.600. The number of benzene rings is 1. The summed E-state index contributed by atoms with van der Waals surface area (Å²) < 4.78 is 33.0. The Hall–Kier alpha value is -3.36. The summed E-state index contributed by atoms with van der Waals surface area (Å²) in [6.07, 6.45) is 5.15. The highest BCUT2D eigenvalue weighted by atomic mass is 19.1. The average Bonchev–Trinajstić information content (AvgIpc) is 3.14. The highest BCUT2D eigenvalue weighted by Gasteiger charge is 2.32. The molecule has 0 spiro atoms. The fourth-order valence-electron chi connectivity index (χ4n) is 3.55. The van der Waals surface area contributed by atoms with E-state index in [4.69, 9.17) is 4.74 Å². The van der Waals surface area contributed by atoms with Gasteiger partial charge in [-0.05, 0) is 31.4 Å². The lowest BCUT2D eigenvalue weighted by molar-refractivity contribution is -0.116. The summed E-state index contributed by atoms with van der Waals surface area (Å²) in [7, 11) is 0. The molecule has 1 atom stereocenters. The first-order valence-corrected chi connectivity index (χ1v) is 9.74. The van der Waals surface area contributed by atoms with Crippen molar-refractivity contribution in [3.63, 3.8) is 0 Å². The third kappa shape index (κ3) is 4.29. The van der Waals surface area contributed by atoms with Gasteiger partial charge < -0.3 is 15.0 Å². The van der Waals surface area contributed by atoms with Gasteiger partial charge in [0, 0.05) is 38.9 Å². The first-order chi connectivity index (χ1) is 14.5. The Morgan fingerprint density at radius 3 is 3.03 bits per heavy atom. The lowest BCUT2D eigenvalue weighted by Gasteiger charge is -2.20. The zero-order valence-electron chi connectivity index (χ0n) is 16.1. The molecule has 0 saturated carbocycles. The van der Waals surface area contributed by atoms with Crippen LogP contribution in [0.3, 0.4) is 0 Å². The maximum atomic E-state index is 14.5. The Morgan fingerprint density at radius 2 is 2.20 bits per heavy atom. The monoisotopic (exact) mass is 416 g/mol. The second-order valence-corrected chi connectivity index (χ2v) is 7.15. The van der Waals surface area contributed by atoms with Gasteiger partial charge in [-0.2, -0.15) is 0 Å². The van der Waals surface area contributed by atoms with E-state index in [2.05, 4.69) is 15.3 Å². The van der Waals surface area contributed by atoms with Gasteiger partial charge in [0.25, 0.3) is 5.91 Å². The molecule has 0 unspecified atom stereocenters. The number of carbonyl (C=O) groups excluding carboxylic acids is 2. The van der Waals surface area contributed by atoms with Crippen molar-refractivity contribution in [2.24, 2.45) is 4.99 Å². The van der Waals surface area contributed by atoms with Crippen molar-refractivity contribution in [1.29, 1.82) is 0 Å². The van der Waals surface area contributed by atoms with E-state index < -0.39 is 11.6 Å². The number of aliphatic imine (C=N–C) groups is 1. The Bertz CT molecular complexity index is 1020. The normalized spacial score (nSPS) is 17.3. The molecule has 30 heavy (non-hydrogen) atoms. The van der Waals surface area contributed by atoms with E-state index in [1.807, 2.05) is 0 Å². The van der Waals surface area contributed by atoms with Crippen molar-refractivity contribution in [1.82, 2.24) is 9.88 Å². The highest BCUT2D eigenvalue weighted by molar-refractivity contribution is 6.03. The van der Waals surface area contributed by atoms with Crippen LogP contribution in [-0.2, 0) is 4.79 Å². The summed E-state index contributed by atoms with van der Waals surface area (Å²) in [5, 5.41) is 2.48. The Kier molecular flexibility index (Phi) is 5.69. The number of nitrogens with one attached hydrogen (secondary N) is 1. The zero-order chi connectivity index (χ0) is 21.1. The minimum absolute atomic E-state index is 0. The van der Waals surface area contributed by atoms with Crippen molar-refractivity contribution in [3.05, 3.63) is 47.7 Å². The number of halogens is 2. The van der Waals surface area contributed by atoms with E-state index in [0.717, 1.165) is 25.0 Å². The van der Waals surface area contributed by atoms with Crippen LogP contribution < -0.4 is 10.1 Å². The number of amides is 2. The molecule has 3 heterocycles. The Morgan fingerprint density at radius 1 is 1.33 bits per heavy atom. The van der Waals surface area contributed by atoms with Crippen molar-refractivity contribution in [2.45, 2.75) is 31.7 Å². The van der Waals surface area contributed by atoms with E-state index in [9.17, 15) is 18.4 Å². The maximum Gasteiger partial charge on any atom is 0.256 e. The standard InChI is InChI=1S/C21H20F2N4O3.H2/c22-13-5-6-24-19(9-13)26-20(28)4-2-8-30-18-11-17-15(10-16(18)23)21(29)27-7-1-3-14(27)12-25-17;/h5-6,9-12,14H,1-4,7-8H2,(H,24,26,28);1H/t14-;/m0./s1. The summed E-state index contributed by atoms with van der Waals surface area (Å²) >= 11 is 0. The minimum atomic E-state index is -0.650. The Labute approximate surface area is 173 Å². The molecular formula is C21H22F2N4O3. The van der Waals surface area contributed by atoms with Gasteiger partial charge in [-0.15, -0.1) is 0 Å². The van der Waals surface area contributed by atoms with Gasteiger partial charge in [0.2, 0.25) is 5.91 Å². The number of carbonyl (C=O) groups is 2. The molecule has 2 aromatic rings. The van der Waals surface area contributed by atoms with Crippen LogP contribution >= 0.6 is 0 Å². The van der Waals surface area contributed by atoms with Crippen molar-refractivity contribution in [2.75, 3.05) is 18.5 Å². The Balaban J connectivity index is 0.00000272. The van der Waals surface area contributed by atoms with Crippen LogP contribution in [0.25, 0.3) is 0 Å². The fraction of sp³-hybridized carbons (Fsp3) is 0.333. The predicted octanol–water partition coefficient (Wildman–Crippen LogP) is 3.72. The number of nitrogens with zero attached hydrogens (tertiary/aromatic N) is 3. The number of ether oxygens (including phenoxy) is 1. The van der Waals surface area contributed by atoms with Crippen LogP contribution in [0, 0.1) is 11.6 Å². The second kappa shape index (κ2) is 8.56. The topological polar surface area (TPSA) is 83.9 Å². The molecule has 4 rings (SSSR count). The summed E-state index contributed by atoms with van der Waals surface area (Å²) in [6, 6.07) is 4.82. The van der Waals surface area contributed by atoms with Crippen LogP contribution in [0.2, 0.25) is 0 Å². The molecule has 2 aliphatic rings. The average molecular weight is 416 g/mol. The van der Waals surface area contributed by atoms with Gasteiger partial charge in [-0.3, -0.25) is 14.6 Å². The molecule has 2 amide bonds. The van der Waals surface area contributed by atoms with Crippen LogP contribution in [0.15, 0.2) is 35.5 Å². The SMILES string of the molecule is O=C(CCCOc1cc2c(cc1F)C(=O)N1CCC[C@H]1C=N2)Nc1cc(F)ccn1.[HH]. The number of anilines is 1. The van der Waals surface area contributed by atoms with Gasteiger partial charge in [0.15, 0.2) is 11.6 Å². The van der Waals surface area contributed by atoms with Gasteiger partial charge in [-0.1, -0.05) is 0 Å². The largest absolute Gasteiger partial charge is 0.490 e. The van der Waals surface area contributed by atoms with Crippen LogP contribution in [0.4, 0.5) is 20.3 Å². The van der Waals surface area contributed by atoms with E-state index in [1.165, 1.54) is 18.3 Å². The molecule has 2 aliphatic heterocycles. The molecule has 9 heteroatoms. The van der Waals surface area contributed by atoms with Crippen LogP contribution in [0.1, 0.15) is 37.5 Å². The maximum absolute atomic E-state index is 14.5. The molecule has 0 aliphatic carbocycles. The van der Waals surface area contributed by atoms with Crippen molar-refractivity contribution >= 4 is 29.5 Å². The number of aromatic nitrogens is 1. The molecule has 0 radical (unpaired) electrons. The summed E-state index contributed by atoms with van der Waals surface area (Å²) in [5.74, 6) is -1.62. The molecule has 1 aromatic heterocycles. The van der Waals surface area contributed by atoms with Gasteiger partial charge >= 0.3 is 0 Å². The zero-order valence-corrected chi connectivity index (χ0v) is 16.1. The van der Waals surface area contributed by atoms with Gasteiger partial charge in [-0.25, -0.2) is 13.8 Å². The molecular weight excluding hydrogens is 394 g/mol. The third-order valence-corrected chi connectivity index (χ3v) is 5.02. The fourth-order valence-corrected chi connectivity index (χ4v) is 3.55. The lowest BCUT2D eigenvalue weighted by Crippen LogP contribution is -2.35. The van der Waals surface area contributed by atoms with E-state index in [-0.39, 0.29) is 49.4 Å². The van der Waals surface area contributed by atoms with E-state index in [1.54, 1.807) is 11.1 Å². The molecule has 0 bridgehead atoms.